The first-order chi connectivity index (χ1) is 15.8. The van der Waals surface area contributed by atoms with Crippen molar-refractivity contribution >= 4 is 0 Å². The van der Waals surface area contributed by atoms with E-state index in [1.54, 1.807) is 18.3 Å². The van der Waals surface area contributed by atoms with Crippen molar-refractivity contribution in [3.05, 3.63) is 72.1 Å². The summed E-state index contributed by atoms with van der Waals surface area (Å²) in [5, 5.41) is 8.92. The van der Waals surface area contributed by atoms with Gasteiger partial charge in [0.2, 0.25) is 0 Å². The highest BCUT2D eigenvalue weighted by Gasteiger charge is 2.04. The Bertz CT molecular complexity index is 951. The van der Waals surface area contributed by atoms with Gasteiger partial charge in [-0.1, -0.05) is 101 Å². The van der Waals surface area contributed by atoms with E-state index in [0.717, 1.165) is 28.9 Å². The van der Waals surface area contributed by atoms with E-state index < -0.39 is 0 Å². The van der Waals surface area contributed by atoms with E-state index in [1.165, 1.54) is 69.8 Å². The van der Waals surface area contributed by atoms with Crippen molar-refractivity contribution in [3.8, 4) is 28.6 Å². The number of aromatic nitrogens is 2. The second-order valence-electron chi connectivity index (χ2n) is 8.60. The van der Waals surface area contributed by atoms with E-state index >= 15 is 0 Å². The molecule has 2 aromatic carbocycles. The second-order valence-corrected chi connectivity index (χ2v) is 8.60. The van der Waals surface area contributed by atoms with E-state index in [0.29, 0.717) is 5.56 Å². The third-order valence-corrected chi connectivity index (χ3v) is 6.03. The molecule has 0 fully saturated rings. The Morgan fingerprint density at radius 1 is 0.625 bits per heavy atom. The topological polar surface area (TPSA) is 49.6 Å². The molecule has 0 unspecified atom stereocenters. The lowest BCUT2D eigenvalue weighted by Crippen LogP contribution is -1.91. The van der Waals surface area contributed by atoms with Gasteiger partial charge in [0.05, 0.1) is 35.4 Å². The highest BCUT2D eigenvalue weighted by atomic mass is 14.8. The van der Waals surface area contributed by atoms with Gasteiger partial charge in [-0.3, -0.25) is 9.97 Å². The van der Waals surface area contributed by atoms with Crippen LogP contribution in [0.3, 0.4) is 0 Å². The highest BCUT2D eigenvalue weighted by molar-refractivity contribution is 5.63. The minimum atomic E-state index is 0.649. The lowest BCUT2D eigenvalue weighted by atomic mass is 10.0. The van der Waals surface area contributed by atoms with Crippen LogP contribution in [0.15, 0.2) is 60.9 Å². The molecule has 1 heterocycles. The van der Waals surface area contributed by atoms with Gasteiger partial charge in [0.25, 0.3) is 0 Å². The average molecular weight is 426 g/mol. The van der Waals surface area contributed by atoms with Gasteiger partial charge in [0.1, 0.15) is 0 Å². The molecule has 0 bridgehead atoms. The molecular formula is C29H35N3. The van der Waals surface area contributed by atoms with E-state index in [-0.39, 0.29) is 0 Å². The van der Waals surface area contributed by atoms with Crippen molar-refractivity contribution in [2.75, 3.05) is 0 Å². The molecule has 0 amide bonds. The minimum Gasteiger partial charge on any atom is -0.252 e. The fraction of sp³-hybridized carbons (Fsp3) is 0.414. The van der Waals surface area contributed by atoms with Crippen LogP contribution in [0.2, 0.25) is 0 Å². The highest BCUT2D eigenvalue weighted by Crippen LogP contribution is 2.21. The maximum Gasteiger partial charge on any atom is 0.0991 e. The van der Waals surface area contributed by atoms with Crippen LogP contribution in [0.4, 0.5) is 0 Å². The lowest BCUT2D eigenvalue weighted by molar-refractivity contribution is 0.556. The van der Waals surface area contributed by atoms with Crippen molar-refractivity contribution in [1.82, 2.24) is 9.97 Å². The van der Waals surface area contributed by atoms with Gasteiger partial charge < -0.3 is 0 Å². The SMILES string of the molecule is CCCCCCCCCCCCc1ccc(-c2cnc(-c3ccc(C#N)cc3)cn2)cc1. The summed E-state index contributed by atoms with van der Waals surface area (Å²) in [5.74, 6) is 0. The number of nitriles is 1. The Morgan fingerprint density at radius 3 is 1.56 bits per heavy atom. The summed E-state index contributed by atoms with van der Waals surface area (Å²) in [4.78, 5) is 9.16. The summed E-state index contributed by atoms with van der Waals surface area (Å²) < 4.78 is 0. The Labute approximate surface area is 193 Å². The summed E-state index contributed by atoms with van der Waals surface area (Å²) in [5.41, 5.74) is 5.81. The van der Waals surface area contributed by atoms with Gasteiger partial charge in [-0.25, -0.2) is 0 Å². The van der Waals surface area contributed by atoms with Crippen LogP contribution in [0, 0.1) is 11.3 Å². The summed E-state index contributed by atoms with van der Waals surface area (Å²) >= 11 is 0. The van der Waals surface area contributed by atoms with Gasteiger partial charge in [-0.05, 0) is 30.5 Å². The van der Waals surface area contributed by atoms with Gasteiger partial charge in [0, 0.05) is 11.1 Å². The molecule has 0 saturated heterocycles. The van der Waals surface area contributed by atoms with Gasteiger partial charge in [0.15, 0.2) is 0 Å². The monoisotopic (exact) mass is 425 g/mol. The Kier molecular flexibility index (Phi) is 9.93. The van der Waals surface area contributed by atoms with Gasteiger partial charge in [-0.2, -0.15) is 5.26 Å². The second kappa shape index (κ2) is 13.4. The number of unbranched alkanes of at least 4 members (excludes halogenated alkanes) is 9. The van der Waals surface area contributed by atoms with Crippen molar-refractivity contribution < 1.29 is 0 Å². The maximum atomic E-state index is 8.92. The maximum absolute atomic E-state index is 8.92. The zero-order valence-corrected chi connectivity index (χ0v) is 19.4. The molecule has 0 radical (unpaired) electrons. The molecule has 0 spiro atoms. The molecule has 0 saturated carbocycles. The molecule has 32 heavy (non-hydrogen) atoms. The zero-order chi connectivity index (χ0) is 22.4. The van der Waals surface area contributed by atoms with Crippen molar-refractivity contribution in [2.45, 2.75) is 77.6 Å². The Balaban J connectivity index is 1.40. The average Bonchev–Trinajstić information content (AvgIpc) is 2.86. The molecule has 0 aliphatic rings. The number of benzene rings is 2. The first kappa shape index (κ1) is 23.7. The molecular weight excluding hydrogens is 390 g/mol. The summed E-state index contributed by atoms with van der Waals surface area (Å²) in [7, 11) is 0. The minimum absolute atomic E-state index is 0.649. The largest absolute Gasteiger partial charge is 0.252 e. The van der Waals surface area contributed by atoms with E-state index in [4.69, 9.17) is 5.26 Å². The quantitative estimate of drug-likeness (QED) is 0.260. The Hall–Kier alpha value is -2.99. The molecule has 3 heteroatoms. The predicted molar refractivity (Wildman–Crippen MR) is 133 cm³/mol. The standard InChI is InChI=1S/C29H35N3/c1-2-3-4-5-6-7-8-9-10-11-12-24-13-17-26(18-14-24)28-22-32-29(23-31-28)27-19-15-25(21-30)16-20-27/h13-20,22-23H,2-12H2,1H3. The van der Waals surface area contributed by atoms with Gasteiger partial charge >= 0.3 is 0 Å². The van der Waals surface area contributed by atoms with Crippen LogP contribution in [-0.4, -0.2) is 9.97 Å². The van der Waals surface area contributed by atoms with E-state index in [9.17, 15) is 0 Å². The molecule has 3 rings (SSSR count). The normalized spacial score (nSPS) is 10.8. The fourth-order valence-corrected chi connectivity index (χ4v) is 4.00. The summed E-state index contributed by atoms with van der Waals surface area (Å²) in [6.07, 6.45) is 18.5. The predicted octanol–water partition coefficient (Wildman–Crippen LogP) is 8.15. The molecule has 0 atom stereocenters. The third kappa shape index (κ3) is 7.61. The van der Waals surface area contributed by atoms with Crippen molar-refractivity contribution in [2.24, 2.45) is 0 Å². The first-order valence-corrected chi connectivity index (χ1v) is 12.2. The Morgan fingerprint density at radius 2 is 1.09 bits per heavy atom. The molecule has 3 aromatic rings. The van der Waals surface area contributed by atoms with E-state index in [1.807, 2.05) is 18.3 Å². The summed E-state index contributed by atoms with van der Waals surface area (Å²) in [6.45, 7) is 2.28. The van der Waals surface area contributed by atoms with Crippen LogP contribution in [-0.2, 0) is 6.42 Å². The third-order valence-electron chi connectivity index (χ3n) is 6.03. The number of hydrogen-bond acceptors (Lipinski definition) is 3. The van der Waals surface area contributed by atoms with Crippen LogP contribution >= 0.6 is 0 Å². The molecule has 3 nitrogen and oxygen atoms in total. The van der Waals surface area contributed by atoms with E-state index in [2.05, 4.69) is 47.2 Å². The fourth-order valence-electron chi connectivity index (χ4n) is 4.00. The summed E-state index contributed by atoms with van der Waals surface area (Å²) in [6, 6.07) is 18.3. The number of nitrogens with zero attached hydrogens (tertiary/aromatic N) is 3. The lowest BCUT2D eigenvalue weighted by Gasteiger charge is -2.06. The molecule has 166 valence electrons. The molecule has 0 aliphatic carbocycles. The molecule has 0 aliphatic heterocycles. The van der Waals surface area contributed by atoms with Crippen LogP contribution in [0.1, 0.15) is 82.3 Å². The van der Waals surface area contributed by atoms with Crippen molar-refractivity contribution in [1.29, 1.82) is 5.26 Å². The van der Waals surface area contributed by atoms with Crippen LogP contribution in [0.25, 0.3) is 22.5 Å². The van der Waals surface area contributed by atoms with Crippen LogP contribution < -0.4 is 0 Å². The number of rotatable bonds is 13. The van der Waals surface area contributed by atoms with Crippen LogP contribution in [0.5, 0.6) is 0 Å². The molecule has 0 N–H and O–H groups in total. The van der Waals surface area contributed by atoms with Crippen molar-refractivity contribution in [3.63, 3.8) is 0 Å². The number of hydrogen-bond donors (Lipinski definition) is 0. The molecule has 1 aromatic heterocycles. The zero-order valence-electron chi connectivity index (χ0n) is 19.4. The number of aryl methyl sites for hydroxylation is 1. The first-order valence-electron chi connectivity index (χ1n) is 12.2. The smallest absolute Gasteiger partial charge is 0.0991 e. The van der Waals surface area contributed by atoms with Gasteiger partial charge in [-0.15, -0.1) is 0 Å².